The molecule has 0 atom stereocenters. The SMILES string of the molecule is Cc1c(Cl)cccc1NC(=O)/C(C#N)=C\NCCCCCC(=O)O. The van der Waals surface area contributed by atoms with Crippen LogP contribution in [0.3, 0.4) is 0 Å². The van der Waals surface area contributed by atoms with Crippen LogP contribution in [0.15, 0.2) is 30.0 Å². The minimum absolute atomic E-state index is 0.0417. The molecule has 0 heterocycles. The Kier molecular flexibility index (Phi) is 8.37. The Bertz CT molecular complexity index is 666. The Labute approximate surface area is 146 Å². The van der Waals surface area contributed by atoms with Gasteiger partial charge in [0.25, 0.3) is 5.91 Å². The van der Waals surface area contributed by atoms with Crippen molar-refractivity contribution in [3.63, 3.8) is 0 Å². The number of nitrogens with zero attached hydrogens (tertiary/aromatic N) is 1. The summed E-state index contributed by atoms with van der Waals surface area (Å²) in [7, 11) is 0. The van der Waals surface area contributed by atoms with Crippen LogP contribution in [0.2, 0.25) is 5.02 Å². The molecule has 0 aromatic heterocycles. The van der Waals surface area contributed by atoms with Gasteiger partial charge in [0.15, 0.2) is 0 Å². The molecule has 6 nitrogen and oxygen atoms in total. The molecule has 1 rings (SSSR count). The summed E-state index contributed by atoms with van der Waals surface area (Å²) in [6.45, 7) is 2.34. The summed E-state index contributed by atoms with van der Waals surface area (Å²) in [5, 5.41) is 23.7. The Morgan fingerprint density at radius 1 is 1.33 bits per heavy atom. The molecule has 0 aliphatic carbocycles. The van der Waals surface area contributed by atoms with E-state index in [0.29, 0.717) is 23.7 Å². The number of nitrogens with one attached hydrogen (secondary N) is 2. The van der Waals surface area contributed by atoms with Gasteiger partial charge in [-0.1, -0.05) is 24.1 Å². The van der Waals surface area contributed by atoms with Gasteiger partial charge in [0.2, 0.25) is 0 Å². The number of carbonyl (C=O) groups excluding carboxylic acids is 1. The molecule has 24 heavy (non-hydrogen) atoms. The third-order valence-electron chi connectivity index (χ3n) is 3.34. The van der Waals surface area contributed by atoms with Gasteiger partial charge in [-0.25, -0.2) is 0 Å². The van der Waals surface area contributed by atoms with Crippen LogP contribution in [-0.4, -0.2) is 23.5 Å². The summed E-state index contributed by atoms with van der Waals surface area (Å²) in [5.74, 6) is -1.32. The van der Waals surface area contributed by atoms with E-state index in [9.17, 15) is 9.59 Å². The van der Waals surface area contributed by atoms with Crippen molar-refractivity contribution in [3.05, 3.63) is 40.6 Å². The molecule has 0 radical (unpaired) electrons. The van der Waals surface area contributed by atoms with E-state index in [1.165, 1.54) is 6.20 Å². The smallest absolute Gasteiger partial charge is 0.303 e. The van der Waals surface area contributed by atoms with Crippen LogP contribution in [-0.2, 0) is 9.59 Å². The number of halogens is 1. The maximum absolute atomic E-state index is 12.1. The third kappa shape index (κ3) is 6.71. The summed E-state index contributed by atoms with van der Waals surface area (Å²) in [5.41, 5.74) is 1.25. The van der Waals surface area contributed by atoms with Crippen molar-refractivity contribution in [1.29, 1.82) is 5.26 Å². The highest BCUT2D eigenvalue weighted by atomic mass is 35.5. The first kappa shape index (κ1) is 19.5. The second-order valence-corrected chi connectivity index (χ2v) is 5.60. The number of hydrogen-bond donors (Lipinski definition) is 3. The second kappa shape index (κ2) is 10.3. The first-order chi connectivity index (χ1) is 11.5. The summed E-state index contributed by atoms with van der Waals surface area (Å²) >= 11 is 5.99. The van der Waals surface area contributed by atoms with Crippen molar-refractivity contribution in [2.24, 2.45) is 0 Å². The lowest BCUT2D eigenvalue weighted by Crippen LogP contribution is -2.17. The maximum Gasteiger partial charge on any atom is 0.303 e. The lowest BCUT2D eigenvalue weighted by Gasteiger charge is -2.09. The highest BCUT2D eigenvalue weighted by Gasteiger charge is 2.11. The molecule has 0 aliphatic rings. The molecule has 1 aromatic rings. The molecular weight excluding hydrogens is 330 g/mol. The summed E-state index contributed by atoms with van der Waals surface area (Å²) in [6.07, 6.45) is 3.66. The monoisotopic (exact) mass is 349 g/mol. The number of carboxylic acid groups (broad SMARTS) is 1. The van der Waals surface area contributed by atoms with Crippen LogP contribution in [0.25, 0.3) is 0 Å². The normalized spacial score (nSPS) is 10.8. The zero-order valence-corrected chi connectivity index (χ0v) is 14.2. The van der Waals surface area contributed by atoms with Crippen LogP contribution in [0, 0.1) is 18.3 Å². The first-order valence-corrected chi connectivity index (χ1v) is 7.95. The number of hydrogen-bond acceptors (Lipinski definition) is 4. The highest BCUT2D eigenvalue weighted by Crippen LogP contribution is 2.23. The van der Waals surface area contributed by atoms with E-state index in [4.69, 9.17) is 22.0 Å². The fourth-order valence-corrected chi connectivity index (χ4v) is 2.11. The molecule has 0 spiro atoms. The zero-order chi connectivity index (χ0) is 17.9. The van der Waals surface area contributed by atoms with E-state index < -0.39 is 11.9 Å². The number of anilines is 1. The van der Waals surface area contributed by atoms with Gasteiger partial charge < -0.3 is 15.7 Å². The number of rotatable bonds is 9. The van der Waals surface area contributed by atoms with E-state index in [1.54, 1.807) is 25.1 Å². The van der Waals surface area contributed by atoms with Crippen molar-refractivity contribution in [1.82, 2.24) is 5.32 Å². The molecule has 0 unspecified atom stereocenters. The van der Waals surface area contributed by atoms with Gasteiger partial charge in [0.1, 0.15) is 11.6 Å². The fraction of sp³-hybridized carbons (Fsp3) is 0.353. The van der Waals surface area contributed by atoms with E-state index in [-0.39, 0.29) is 12.0 Å². The Balaban J connectivity index is 2.47. The lowest BCUT2D eigenvalue weighted by molar-refractivity contribution is -0.137. The van der Waals surface area contributed by atoms with Gasteiger partial charge in [0, 0.05) is 29.9 Å². The minimum Gasteiger partial charge on any atom is -0.481 e. The Morgan fingerprint density at radius 2 is 2.08 bits per heavy atom. The van der Waals surface area contributed by atoms with E-state index in [1.807, 2.05) is 6.07 Å². The molecule has 0 saturated heterocycles. The maximum atomic E-state index is 12.1. The molecule has 3 N–H and O–H groups in total. The topological polar surface area (TPSA) is 102 Å². The van der Waals surface area contributed by atoms with E-state index >= 15 is 0 Å². The predicted molar refractivity (Wildman–Crippen MR) is 92.6 cm³/mol. The summed E-state index contributed by atoms with van der Waals surface area (Å²) in [4.78, 5) is 22.5. The number of aliphatic carboxylic acids is 1. The Hall–Kier alpha value is -2.52. The fourth-order valence-electron chi connectivity index (χ4n) is 1.94. The average Bonchev–Trinajstić information content (AvgIpc) is 2.54. The van der Waals surface area contributed by atoms with Crippen LogP contribution >= 0.6 is 11.6 Å². The molecule has 0 aliphatic heterocycles. The molecule has 7 heteroatoms. The van der Waals surface area contributed by atoms with Gasteiger partial charge >= 0.3 is 5.97 Å². The molecule has 0 saturated carbocycles. The minimum atomic E-state index is -0.803. The Morgan fingerprint density at radius 3 is 2.75 bits per heavy atom. The molecule has 1 amide bonds. The van der Waals surface area contributed by atoms with Gasteiger partial charge in [0.05, 0.1) is 0 Å². The van der Waals surface area contributed by atoms with Crippen molar-refractivity contribution >= 4 is 29.2 Å². The van der Waals surface area contributed by atoms with E-state index in [2.05, 4.69) is 10.6 Å². The van der Waals surface area contributed by atoms with Crippen LogP contribution < -0.4 is 10.6 Å². The molecule has 1 aromatic carbocycles. The van der Waals surface area contributed by atoms with Crippen molar-refractivity contribution in [2.75, 3.05) is 11.9 Å². The van der Waals surface area contributed by atoms with Crippen LogP contribution in [0.1, 0.15) is 31.2 Å². The average molecular weight is 350 g/mol. The zero-order valence-electron chi connectivity index (χ0n) is 13.4. The van der Waals surface area contributed by atoms with Crippen LogP contribution in [0.4, 0.5) is 5.69 Å². The number of carboxylic acids is 1. The second-order valence-electron chi connectivity index (χ2n) is 5.19. The number of carbonyl (C=O) groups is 2. The molecule has 128 valence electrons. The largest absolute Gasteiger partial charge is 0.481 e. The first-order valence-electron chi connectivity index (χ1n) is 7.57. The van der Waals surface area contributed by atoms with E-state index in [0.717, 1.165) is 18.4 Å². The summed E-state index contributed by atoms with van der Waals surface area (Å²) in [6, 6.07) is 7.00. The third-order valence-corrected chi connectivity index (χ3v) is 3.75. The number of unbranched alkanes of at least 4 members (excludes halogenated alkanes) is 2. The van der Waals surface area contributed by atoms with Crippen molar-refractivity contribution < 1.29 is 14.7 Å². The lowest BCUT2D eigenvalue weighted by atomic mass is 10.2. The van der Waals surface area contributed by atoms with Gasteiger partial charge in [-0.3, -0.25) is 9.59 Å². The van der Waals surface area contributed by atoms with Crippen molar-refractivity contribution in [3.8, 4) is 6.07 Å². The molecule has 0 fully saturated rings. The standard InChI is InChI=1S/C17H20ClN3O3/c1-12-14(18)6-5-7-15(12)21-17(24)13(10-19)11-20-9-4-2-3-8-16(22)23/h5-7,11,20H,2-4,8-9H2,1H3,(H,21,24)(H,22,23)/b13-11-. The van der Waals surface area contributed by atoms with Crippen LogP contribution in [0.5, 0.6) is 0 Å². The number of benzene rings is 1. The predicted octanol–water partition coefficient (Wildman–Crippen LogP) is 3.23. The molecule has 0 bridgehead atoms. The number of nitriles is 1. The summed E-state index contributed by atoms with van der Waals surface area (Å²) < 4.78 is 0. The van der Waals surface area contributed by atoms with Gasteiger partial charge in [-0.15, -0.1) is 0 Å². The quantitative estimate of drug-likeness (QED) is 0.361. The molecular formula is C17H20ClN3O3. The van der Waals surface area contributed by atoms with Gasteiger partial charge in [-0.05, 0) is 37.5 Å². The van der Waals surface area contributed by atoms with Crippen molar-refractivity contribution in [2.45, 2.75) is 32.6 Å². The number of amides is 1. The highest BCUT2D eigenvalue weighted by molar-refractivity contribution is 6.31. The van der Waals surface area contributed by atoms with Gasteiger partial charge in [-0.2, -0.15) is 5.26 Å².